The SMILES string of the molecule is C#CCCCCNCc1cccnc1C. The number of hydrogen-bond donors (Lipinski definition) is 1. The fourth-order valence-electron chi connectivity index (χ4n) is 1.40. The van der Waals surface area contributed by atoms with Crippen molar-refractivity contribution in [1.82, 2.24) is 10.3 Å². The van der Waals surface area contributed by atoms with Gasteiger partial charge in [0.15, 0.2) is 0 Å². The summed E-state index contributed by atoms with van der Waals surface area (Å²) in [7, 11) is 0. The van der Waals surface area contributed by atoms with Crippen molar-refractivity contribution in [3.05, 3.63) is 29.6 Å². The molecule has 15 heavy (non-hydrogen) atoms. The first kappa shape index (κ1) is 11.7. The van der Waals surface area contributed by atoms with Gasteiger partial charge in [0.05, 0.1) is 0 Å². The van der Waals surface area contributed by atoms with Gasteiger partial charge in [0.25, 0.3) is 0 Å². The number of hydrogen-bond acceptors (Lipinski definition) is 2. The minimum Gasteiger partial charge on any atom is -0.313 e. The molecule has 1 rings (SSSR count). The van der Waals surface area contributed by atoms with Crippen molar-refractivity contribution in [3.8, 4) is 12.3 Å². The standard InChI is InChI=1S/C13H18N2/c1-3-4-5-6-9-14-11-13-8-7-10-15-12(13)2/h1,7-8,10,14H,4-6,9,11H2,2H3. The molecular weight excluding hydrogens is 184 g/mol. The second kappa shape index (κ2) is 7.03. The van der Waals surface area contributed by atoms with Gasteiger partial charge in [0, 0.05) is 24.9 Å². The lowest BCUT2D eigenvalue weighted by molar-refractivity contribution is 0.627. The van der Waals surface area contributed by atoms with Crippen LogP contribution < -0.4 is 5.32 Å². The molecule has 0 fully saturated rings. The first-order valence-corrected chi connectivity index (χ1v) is 5.39. The van der Waals surface area contributed by atoms with Crippen LogP contribution in [-0.4, -0.2) is 11.5 Å². The summed E-state index contributed by atoms with van der Waals surface area (Å²) in [5, 5.41) is 3.39. The Labute approximate surface area is 92.1 Å². The van der Waals surface area contributed by atoms with E-state index in [1.54, 1.807) is 0 Å². The largest absolute Gasteiger partial charge is 0.313 e. The fourth-order valence-corrected chi connectivity index (χ4v) is 1.40. The summed E-state index contributed by atoms with van der Waals surface area (Å²) in [4.78, 5) is 4.24. The van der Waals surface area contributed by atoms with Crippen LogP contribution in [0.2, 0.25) is 0 Å². The molecule has 0 radical (unpaired) electrons. The predicted octanol–water partition coefficient (Wildman–Crippen LogP) is 2.28. The zero-order valence-electron chi connectivity index (χ0n) is 9.29. The summed E-state index contributed by atoms with van der Waals surface area (Å²) >= 11 is 0. The van der Waals surface area contributed by atoms with E-state index in [0.29, 0.717) is 0 Å². The molecule has 0 aliphatic rings. The Balaban J connectivity index is 2.16. The third-order valence-electron chi connectivity index (χ3n) is 2.36. The van der Waals surface area contributed by atoms with E-state index >= 15 is 0 Å². The van der Waals surface area contributed by atoms with Gasteiger partial charge >= 0.3 is 0 Å². The monoisotopic (exact) mass is 202 g/mol. The molecule has 1 aromatic rings. The number of terminal acetylenes is 1. The lowest BCUT2D eigenvalue weighted by Crippen LogP contribution is -2.15. The van der Waals surface area contributed by atoms with Crippen LogP contribution in [0.3, 0.4) is 0 Å². The minimum atomic E-state index is 0.883. The van der Waals surface area contributed by atoms with Gasteiger partial charge in [-0.2, -0.15) is 0 Å². The van der Waals surface area contributed by atoms with Crippen LogP contribution in [0.5, 0.6) is 0 Å². The number of aromatic nitrogens is 1. The smallest absolute Gasteiger partial charge is 0.0417 e. The minimum absolute atomic E-state index is 0.883. The molecular formula is C13H18N2. The maximum atomic E-state index is 5.18. The van der Waals surface area contributed by atoms with Gasteiger partial charge in [0.1, 0.15) is 0 Å². The van der Waals surface area contributed by atoms with E-state index in [9.17, 15) is 0 Å². The third kappa shape index (κ3) is 4.62. The van der Waals surface area contributed by atoms with Crippen LogP contribution in [0.15, 0.2) is 18.3 Å². The summed E-state index contributed by atoms with van der Waals surface area (Å²) in [6.07, 6.45) is 10.1. The van der Waals surface area contributed by atoms with Gasteiger partial charge in [-0.3, -0.25) is 4.98 Å². The number of unbranched alkanes of at least 4 members (excludes halogenated alkanes) is 2. The Morgan fingerprint density at radius 2 is 2.33 bits per heavy atom. The van der Waals surface area contributed by atoms with Crippen molar-refractivity contribution in [2.45, 2.75) is 32.7 Å². The molecule has 0 aromatic carbocycles. The fraction of sp³-hybridized carbons (Fsp3) is 0.462. The van der Waals surface area contributed by atoms with Gasteiger partial charge in [-0.15, -0.1) is 12.3 Å². The number of nitrogens with one attached hydrogen (secondary N) is 1. The molecule has 1 heterocycles. The van der Waals surface area contributed by atoms with Crippen molar-refractivity contribution in [2.24, 2.45) is 0 Å². The lowest BCUT2D eigenvalue weighted by atomic mass is 10.2. The maximum absolute atomic E-state index is 5.18. The summed E-state index contributed by atoms with van der Waals surface area (Å²) in [5.74, 6) is 2.65. The van der Waals surface area contributed by atoms with E-state index in [0.717, 1.165) is 38.0 Å². The van der Waals surface area contributed by atoms with Crippen molar-refractivity contribution in [1.29, 1.82) is 0 Å². The molecule has 0 amide bonds. The zero-order chi connectivity index (χ0) is 10.9. The summed E-state index contributed by atoms with van der Waals surface area (Å²) in [5.41, 5.74) is 2.38. The molecule has 1 N–H and O–H groups in total. The highest BCUT2D eigenvalue weighted by molar-refractivity contribution is 5.17. The van der Waals surface area contributed by atoms with Crippen LogP contribution in [0.4, 0.5) is 0 Å². The summed E-state index contributed by atoms with van der Waals surface area (Å²) in [6.45, 7) is 3.96. The van der Waals surface area contributed by atoms with Crippen LogP contribution in [0, 0.1) is 19.3 Å². The maximum Gasteiger partial charge on any atom is 0.0417 e. The average Bonchev–Trinajstić information content (AvgIpc) is 2.25. The van der Waals surface area contributed by atoms with Crippen molar-refractivity contribution >= 4 is 0 Å². The van der Waals surface area contributed by atoms with E-state index < -0.39 is 0 Å². The first-order chi connectivity index (χ1) is 7.34. The second-order valence-corrected chi connectivity index (χ2v) is 3.59. The average molecular weight is 202 g/mol. The molecule has 1 aromatic heterocycles. The molecule has 0 atom stereocenters. The highest BCUT2D eigenvalue weighted by Gasteiger charge is 1.96. The molecule has 0 spiro atoms. The Hall–Kier alpha value is -1.33. The zero-order valence-corrected chi connectivity index (χ0v) is 9.29. The normalized spacial score (nSPS) is 9.87. The molecule has 0 aliphatic carbocycles. The van der Waals surface area contributed by atoms with Gasteiger partial charge in [-0.25, -0.2) is 0 Å². The molecule has 2 nitrogen and oxygen atoms in total. The number of nitrogens with zero attached hydrogens (tertiary/aromatic N) is 1. The van der Waals surface area contributed by atoms with Crippen molar-refractivity contribution in [3.63, 3.8) is 0 Å². The molecule has 0 bridgehead atoms. The third-order valence-corrected chi connectivity index (χ3v) is 2.36. The number of pyridine rings is 1. The van der Waals surface area contributed by atoms with Gasteiger partial charge in [-0.1, -0.05) is 6.07 Å². The predicted molar refractivity (Wildman–Crippen MR) is 63.4 cm³/mol. The van der Waals surface area contributed by atoms with Crippen molar-refractivity contribution in [2.75, 3.05) is 6.54 Å². The van der Waals surface area contributed by atoms with Gasteiger partial charge in [-0.05, 0) is 37.9 Å². The van der Waals surface area contributed by atoms with Crippen LogP contribution in [0.25, 0.3) is 0 Å². The molecule has 0 saturated heterocycles. The van der Waals surface area contributed by atoms with Crippen LogP contribution >= 0.6 is 0 Å². The van der Waals surface area contributed by atoms with Gasteiger partial charge in [0.2, 0.25) is 0 Å². The van der Waals surface area contributed by atoms with E-state index in [-0.39, 0.29) is 0 Å². The Morgan fingerprint density at radius 3 is 3.07 bits per heavy atom. The highest BCUT2D eigenvalue weighted by atomic mass is 14.8. The van der Waals surface area contributed by atoms with E-state index in [4.69, 9.17) is 6.42 Å². The Morgan fingerprint density at radius 1 is 1.47 bits per heavy atom. The quantitative estimate of drug-likeness (QED) is 0.565. The van der Waals surface area contributed by atoms with E-state index in [1.807, 2.05) is 19.2 Å². The first-order valence-electron chi connectivity index (χ1n) is 5.39. The Kier molecular flexibility index (Phi) is 5.50. The van der Waals surface area contributed by atoms with E-state index in [2.05, 4.69) is 22.3 Å². The molecule has 80 valence electrons. The van der Waals surface area contributed by atoms with Crippen LogP contribution in [0.1, 0.15) is 30.5 Å². The summed E-state index contributed by atoms with van der Waals surface area (Å²) in [6, 6.07) is 4.08. The van der Waals surface area contributed by atoms with Gasteiger partial charge < -0.3 is 5.32 Å². The molecule has 0 aliphatic heterocycles. The molecule has 2 heteroatoms. The van der Waals surface area contributed by atoms with Crippen molar-refractivity contribution < 1.29 is 0 Å². The van der Waals surface area contributed by atoms with Crippen LogP contribution in [-0.2, 0) is 6.54 Å². The Bertz CT molecular complexity index is 326. The second-order valence-electron chi connectivity index (χ2n) is 3.59. The topological polar surface area (TPSA) is 24.9 Å². The van der Waals surface area contributed by atoms with E-state index in [1.165, 1.54) is 5.56 Å². The molecule has 0 saturated carbocycles. The molecule has 0 unspecified atom stereocenters. The lowest BCUT2D eigenvalue weighted by Gasteiger charge is -2.06. The number of aryl methyl sites for hydroxylation is 1. The summed E-state index contributed by atoms with van der Waals surface area (Å²) < 4.78 is 0. The highest BCUT2D eigenvalue weighted by Crippen LogP contribution is 2.02. The number of rotatable bonds is 6.